The first kappa shape index (κ1) is 14.3. The summed E-state index contributed by atoms with van der Waals surface area (Å²) < 4.78 is 0.721. The van der Waals surface area contributed by atoms with Gasteiger partial charge in [-0.05, 0) is 54.6 Å². The highest BCUT2D eigenvalue weighted by molar-refractivity contribution is 9.10. The Hall–Kier alpha value is -1.14. The Morgan fingerprint density at radius 1 is 1.58 bits per heavy atom. The largest absolute Gasteiger partial charge is 0.390 e. The molecule has 0 spiro atoms. The predicted octanol–water partition coefficient (Wildman–Crippen LogP) is 1.85. The Bertz CT molecular complexity index is 481. The SMILES string of the molecule is C[C@]1(O)CC[C@H](NC(=O)c2cc(Br)cnc2N)CC1. The molecule has 0 bridgehead atoms. The number of nitrogens with zero attached hydrogens (tertiary/aromatic N) is 1. The highest BCUT2D eigenvalue weighted by Crippen LogP contribution is 2.28. The maximum absolute atomic E-state index is 12.1. The summed E-state index contributed by atoms with van der Waals surface area (Å²) in [5.74, 6) is 0.0151. The molecule has 19 heavy (non-hydrogen) atoms. The summed E-state index contributed by atoms with van der Waals surface area (Å²) in [7, 11) is 0. The number of hydrogen-bond acceptors (Lipinski definition) is 4. The van der Waals surface area contributed by atoms with Crippen LogP contribution in [0.1, 0.15) is 43.0 Å². The first-order valence-corrected chi connectivity index (χ1v) is 7.11. The van der Waals surface area contributed by atoms with Crippen LogP contribution in [0.4, 0.5) is 5.82 Å². The Balaban J connectivity index is 2.00. The molecule has 1 amide bonds. The molecule has 5 nitrogen and oxygen atoms in total. The van der Waals surface area contributed by atoms with Crippen molar-refractivity contribution < 1.29 is 9.90 Å². The van der Waals surface area contributed by atoms with E-state index >= 15 is 0 Å². The number of amides is 1. The summed E-state index contributed by atoms with van der Waals surface area (Å²) >= 11 is 3.27. The number of carbonyl (C=O) groups excluding carboxylic acids is 1. The summed E-state index contributed by atoms with van der Waals surface area (Å²) in [5.41, 5.74) is 5.49. The minimum absolute atomic E-state index is 0.0890. The van der Waals surface area contributed by atoms with E-state index in [4.69, 9.17) is 5.73 Å². The molecule has 1 aliphatic rings. The van der Waals surface area contributed by atoms with Crippen molar-refractivity contribution in [3.8, 4) is 0 Å². The molecule has 104 valence electrons. The molecule has 1 aliphatic carbocycles. The standard InChI is InChI=1S/C13H18BrN3O2/c1-13(19)4-2-9(3-5-13)17-12(18)10-6-8(14)7-16-11(10)15/h6-7,9,19H,2-5H2,1H3,(H2,15,16)(H,17,18)/t9-,13-. The third-order valence-electron chi connectivity index (χ3n) is 3.53. The molecule has 1 aromatic rings. The van der Waals surface area contributed by atoms with Crippen LogP contribution in [-0.4, -0.2) is 27.6 Å². The Morgan fingerprint density at radius 3 is 2.84 bits per heavy atom. The van der Waals surface area contributed by atoms with E-state index < -0.39 is 5.60 Å². The lowest BCUT2D eigenvalue weighted by molar-refractivity contribution is 0.0140. The molecule has 0 radical (unpaired) electrons. The molecule has 6 heteroatoms. The maximum atomic E-state index is 12.1. The Morgan fingerprint density at radius 2 is 2.21 bits per heavy atom. The van der Waals surface area contributed by atoms with E-state index in [1.165, 1.54) is 0 Å². The smallest absolute Gasteiger partial charge is 0.255 e. The number of halogens is 1. The number of anilines is 1. The van der Waals surface area contributed by atoms with Gasteiger partial charge in [-0.15, -0.1) is 0 Å². The summed E-state index contributed by atoms with van der Waals surface area (Å²) in [6, 6.07) is 1.75. The summed E-state index contributed by atoms with van der Waals surface area (Å²) in [4.78, 5) is 16.1. The van der Waals surface area contributed by atoms with Gasteiger partial charge >= 0.3 is 0 Å². The molecule has 1 heterocycles. The van der Waals surface area contributed by atoms with Crippen LogP contribution in [0.2, 0.25) is 0 Å². The van der Waals surface area contributed by atoms with Crippen LogP contribution in [0.3, 0.4) is 0 Å². The van der Waals surface area contributed by atoms with E-state index in [0.29, 0.717) is 18.4 Å². The number of nitrogen functional groups attached to an aromatic ring is 1. The zero-order valence-corrected chi connectivity index (χ0v) is 12.4. The van der Waals surface area contributed by atoms with Crippen molar-refractivity contribution in [1.29, 1.82) is 0 Å². The number of hydrogen-bond donors (Lipinski definition) is 3. The monoisotopic (exact) mass is 327 g/mol. The summed E-state index contributed by atoms with van der Waals surface area (Å²) in [6.45, 7) is 1.83. The minimum Gasteiger partial charge on any atom is -0.390 e. The first-order chi connectivity index (χ1) is 8.87. The number of nitrogens with two attached hydrogens (primary N) is 1. The normalized spacial score (nSPS) is 27.0. The fraction of sp³-hybridized carbons (Fsp3) is 0.538. The van der Waals surface area contributed by atoms with Crippen molar-refractivity contribution in [2.45, 2.75) is 44.2 Å². The van der Waals surface area contributed by atoms with Gasteiger partial charge in [0.15, 0.2) is 0 Å². The van der Waals surface area contributed by atoms with Crippen LogP contribution >= 0.6 is 15.9 Å². The van der Waals surface area contributed by atoms with Gasteiger partial charge in [0, 0.05) is 16.7 Å². The number of carbonyl (C=O) groups is 1. The number of aromatic nitrogens is 1. The Kier molecular flexibility index (Phi) is 4.10. The van der Waals surface area contributed by atoms with E-state index in [1.807, 2.05) is 6.92 Å². The van der Waals surface area contributed by atoms with Gasteiger partial charge < -0.3 is 16.2 Å². The molecular formula is C13H18BrN3O2. The molecule has 0 aromatic carbocycles. The molecule has 0 aliphatic heterocycles. The summed E-state index contributed by atoms with van der Waals surface area (Å²) in [6.07, 6.45) is 4.51. The van der Waals surface area contributed by atoms with Gasteiger partial charge in [-0.2, -0.15) is 0 Å². The highest BCUT2D eigenvalue weighted by atomic mass is 79.9. The number of pyridine rings is 1. The van der Waals surface area contributed by atoms with E-state index in [9.17, 15) is 9.90 Å². The zero-order chi connectivity index (χ0) is 14.0. The van der Waals surface area contributed by atoms with Crippen molar-refractivity contribution in [2.75, 3.05) is 5.73 Å². The topological polar surface area (TPSA) is 88.2 Å². The van der Waals surface area contributed by atoms with E-state index in [1.54, 1.807) is 12.3 Å². The van der Waals surface area contributed by atoms with Gasteiger partial charge in [0.2, 0.25) is 0 Å². The molecule has 1 aromatic heterocycles. The Labute approximate surface area is 120 Å². The van der Waals surface area contributed by atoms with E-state index in [-0.39, 0.29) is 17.8 Å². The average Bonchev–Trinajstić information content (AvgIpc) is 2.35. The van der Waals surface area contributed by atoms with Gasteiger partial charge in [0.25, 0.3) is 5.91 Å². The molecule has 0 atom stereocenters. The van der Waals surface area contributed by atoms with E-state index in [2.05, 4.69) is 26.2 Å². The summed E-state index contributed by atoms with van der Waals surface area (Å²) in [5, 5.41) is 12.8. The fourth-order valence-electron chi connectivity index (χ4n) is 2.28. The van der Waals surface area contributed by atoms with Gasteiger partial charge in [-0.25, -0.2) is 4.98 Å². The molecule has 4 N–H and O–H groups in total. The lowest BCUT2D eigenvalue weighted by Crippen LogP contribution is -2.42. The zero-order valence-electron chi connectivity index (χ0n) is 10.8. The van der Waals surface area contributed by atoms with Gasteiger partial charge in [-0.1, -0.05) is 0 Å². The van der Waals surface area contributed by atoms with Crippen LogP contribution in [0.25, 0.3) is 0 Å². The first-order valence-electron chi connectivity index (χ1n) is 6.32. The maximum Gasteiger partial charge on any atom is 0.255 e. The van der Waals surface area contributed by atoms with Crippen molar-refractivity contribution in [2.24, 2.45) is 0 Å². The quantitative estimate of drug-likeness (QED) is 0.773. The lowest BCUT2D eigenvalue weighted by Gasteiger charge is -2.33. The van der Waals surface area contributed by atoms with Crippen LogP contribution in [-0.2, 0) is 0 Å². The molecular weight excluding hydrogens is 310 g/mol. The second-order valence-electron chi connectivity index (χ2n) is 5.33. The molecule has 1 saturated carbocycles. The minimum atomic E-state index is -0.600. The molecule has 0 saturated heterocycles. The van der Waals surface area contributed by atoms with Crippen LogP contribution < -0.4 is 11.1 Å². The number of aliphatic hydroxyl groups is 1. The van der Waals surface area contributed by atoms with Crippen LogP contribution in [0.5, 0.6) is 0 Å². The molecule has 0 unspecified atom stereocenters. The number of nitrogens with one attached hydrogen (secondary N) is 1. The van der Waals surface area contributed by atoms with Gasteiger partial charge in [-0.3, -0.25) is 4.79 Å². The van der Waals surface area contributed by atoms with Crippen molar-refractivity contribution in [1.82, 2.24) is 10.3 Å². The fourth-order valence-corrected chi connectivity index (χ4v) is 2.61. The lowest BCUT2D eigenvalue weighted by atomic mass is 9.83. The second kappa shape index (κ2) is 5.46. The van der Waals surface area contributed by atoms with Crippen molar-refractivity contribution in [3.63, 3.8) is 0 Å². The van der Waals surface area contributed by atoms with Gasteiger partial charge in [0.05, 0.1) is 11.2 Å². The van der Waals surface area contributed by atoms with Gasteiger partial charge in [0.1, 0.15) is 5.82 Å². The number of rotatable bonds is 2. The third-order valence-corrected chi connectivity index (χ3v) is 3.96. The van der Waals surface area contributed by atoms with Crippen molar-refractivity contribution in [3.05, 3.63) is 22.3 Å². The third kappa shape index (κ3) is 3.67. The second-order valence-corrected chi connectivity index (χ2v) is 6.25. The highest BCUT2D eigenvalue weighted by Gasteiger charge is 2.29. The van der Waals surface area contributed by atoms with Crippen molar-refractivity contribution >= 4 is 27.7 Å². The molecule has 1 fully saturated rings. The predicted molar refractivity (Wildman–Crippen MR) is 76.7 cm³/mol. The average molecular weight is 328 g/mol. The van der Waals surface area contributed by atoms with Crippen LogP contribution in [0, 0.1) is 0 Å². The van der Waals surface area contributed by atoms with Crippen LogP contribution in [0.15, 0.2) is 16.7 Å². The van der Waals surface area contributed by atoms with E-state index in [0.717, 1.165) is 17.3 Å². The molecule has 2 rings (SSSR count).